The predicted molar refractivity (Wildman–Crippen MR) is 45.1 cm³/mol. The van der Waals surface area contributed by atoms with Crippen molar-refractivity contribution in [1.29, 1.82) is 0 Å². The van der Waals surface area contributed by atoms with Crippen molar-refractivity contribution in [2.24, 2.45) is 0 Å². The SMILES string of the molecule is C=C[C@@H](CC)O[C@H](C)CC. The molecule has 0 bridgehead atoms. The van der Waals surface area contributed by atoms with Gasteiger partial charge < -0.3 is 4.74 Å². The predicted octanol–water partition coefficient (Wildman–Crippen LogP) is 2.77. The van der Waals surface area contributed by atoms with Crippen LogP contribution in [0, 0.1) is 0 Å². The standard InChI is InChI=1S/C9H18O/c1-5-8(4)10-9(6-2)7-3/h6,8-9H,2,5,7H2,1,3-4H3/t8-,9+/m1/s1. The van der Waals surface area contributed by atoms with Crippen LogP contribution in [0.2, 0.25) is 0 Å². The molecule has 2 atom stereocenters. The summed E-state index contributed by atoms with van der Waals surface area (Å²) in [5.41, 5.74) is 0. The molecular weight excluding hydrogens is 124 g/mol. The summed E-state index contributed by atoms with van der Waals surface area (Å²) in [5.74, 6) is 0. The average molecular weight is 142 g/mol. The molecule has 0 unspecified atom stereocenters. The van der Waals surface area contributed by atoms with Gasteiger partial charge in [-0.2, -0.15) is 0 Å². The molecule has 0 saturated heterocycles. The minimum Gasteiger partial charge on any atom is -0.371 e. The lowest BCUT2D eigenvalue weighted by molar-refractivity contribution is 0.0211. The third-order valence-corrected chi connectivity index (χ3v) is 1.65. The van der Waals surface area contributed by atoms with E-state index in [0.29, 0.717) is 6.10 Å². The molecular formula is C9H18O. The van der Waals surface area contributed by atoms with Crippen LogP contribution in [-0.4, -0.2) is 12.2 Å². The van der Waals surface area contributed by atoms with E-state index in [2.05, 4.69) is 27.4 Å². The van der Waals surface area contributed by atoms with Crippen molar-refractivity contribution >= 4 is 0 Å². The van der Waals surface area contributed by atoms with E-state index < -0.39 is 0 Å². The van der Waals surface area contributed by atoms with E-state index in [0.717, 1.165) is 12.8 Å². The van der Waals surface area contributed by atoms with Crippen LogP contribution in [0.5, 0.6) is 0 Å². The van der Waals surface area contributed by atoms with Crippen molar-refractivity contribution in [2.75, 3.05) is 0 Å². The van der Waals surface area contributed by atoms with Gasteiger partial charge in [-0.25, -0.2) is 0 Å². The molecule has 0 saturated carbocycles. The number of ether oxygens (including phenoxy) is 1. The summed E-state index contributed by atoms with van der Waals surface area (Å²) < 4.78 is 5.58. The fourth-order valence-corrected chi connectivity index (χ4v) is 0.713. The highest BCUT2D eigenvalue weighted by atomic mass is 16.5. The van der Waals surface area contributed by atoms with E-state index in [1.807, 2.05) is 6.08 Å². The molecule has 0 N–H and O–H groups in total. The summed E-state index contributed by atoms with van der Waals surface area (Å²) in [6.07, 6.45) is 4.57. The maximum absolute atomic E-state index is 5.58. The Balaban J connectivity index is 3.51. The monoisotopic (exact) mass is 142 g/mol. The largest absolute Gasteiger partial charge is 0.371 e. The first-order valence-electron chi connectivity index (χ1n) is 4.02. The Morgan fingerprint density at radius 1 is 1.40 bits per heavy atom. The van der Waals surface area contributed by atoms with Crippen LogP contribution in [0.1, 0.15) is 33.6 Å². The first-order chi connectivity index (χ1) is 4.74. The van der Waals surface area contributed by atoms with Crippen molar-refractivity contribution in [3.8, 4) is 0 Å². The van der Waals surface area contributed by atoms with Crippen molar-refractivity contribution in [2.45, 2.75) is 45.8 Å². The topological polar surface area (TPSA) is 9.23 Å². The van der Waals surface area contributed by atoms with Gasteiger partial charge in [0.1, 0.15) is 0 Å². The second kappa shape index (κ2) is 5.48. The number of rotatable bonds is 5. The summed E-state index contributed by atoms with van der Waals surface area (Å²) in [5, 5.41) is 0. The van der Waals surface area contributed by atoms with Crippen molar-refractivity contribution in [1.82, 2.24) is 0 Å². The van der Waals surface area contributed by atoms with Crippen LogP contribution >= 0.6 is 0 Å². The molecule has 0 radical (unpaired) electrons. The fraction of sp³-hybridized carbons (Fsp3) is 0.778. The zero-order chi connectivity index (χ0) is 7.98. The second-order valence-corrected chi connectivity index (χ2v) is 2.54. The third-order valence-electron chi connectivity index (χ3n) is 1.65. The lowest BCUT2D eigenvalue weighted by Gasteiger charge is -2.16. The van der Waals surface area contributed by atoms with Crippen molar-refractivity contribution in [3.05, 3.63) is 12.7 Å². The minimum atomic E-state index is 0.245. The van der Waals surface area contributed by atoms with E-state index >= 15 is 0 Å². The van der Waals surface area contributed by atoms with Crippen LogP contribution in [0.4, 0.5) is 0 Å². The van der Waals surface area contributed by atoms with E-state index in [1.165, 1.54) is 0 Å². The Kier molecular flexibility index (Phi) is 5.32. The highest BCUT2D eigenvalue weighted by Gasteiger charge is 2.04. The highest BCUT2D eigenvalue weighted by Crippen LogP contribution is 2.05. The van der Waals surface area contributed by atoms with Gasteiger partial charge in [0.15, 0.2) is 0 Å². The fourth-order valence-electron chi connectivity index (χ4n) is 0.713. The van der Waals surface area contributed by atoms with Crippen LogP contribution < -0.4 is 0 Å². The van der Waals surface area contributed by atoms with Gasteiger partial charge in [0.05, 0.1) is 12.2 Å². The molecule has 10 heavy (non-hydrogen) atoms. The van der Waals surface area contributed by atoms with Crippen molar-refractivity contribution in [3.63, 3.8) is 0 Å². The first-order valence-corrected chi connectivity index (χ1v) is 4.02. The molecule has 0 aromatic heterocycles. The quantitative estimate of drug-likeness (QED) is 0.536. The summed E-state index contributed by atoms with van der Waals surface area (Å²) in [7, 11) is 0. The second-order valence-electron chi connectivity index (χ2n) is 2.54. The first kappa shape index (κ1) is 9.70. The minimum absolute atomic E-state index is 0.245. The molecule has 0 amide bonds. The van der Waals surface area contributed by atoms with Crippen LogP contribution in [0.25, 0.3) is 0 Å². The lowest BCUT2D eigenvalue weighted by Crippen LogP contribution is -2.15. The molecule has 0 heterocycles. The van der Waals surface area contributed by atoms with E-state index in [4.69, 9.17) is 4.74 Å². The van der Waals surface area contributed by atoms with Crippen LogP contribution in [0.3, 0.4) is 0 Å². The smallest absolute Gasteiger partial charge is 0.0754 e. The zero-order valence-corrected chi connectivity index (χ0v) is 7.26. The molecule has 0 aliphatic carbocycles. The molecule has 0 aromatic rings. The summed E-state index contributed by atoms with van der Waals surface area (Å²) >= 11 is 0. The van der Waals surface area contributed by atoms with Gasteiger partial charge in [0.25, 0.3) is 0 Å². The number of hydrogen-bond donors (Lipinski definition) is 0. The molecule has 0 aliphatic heterocycles. The van der Waals surface area contributed by atoms with E-state index in [-0.39, 0.29) is 6.10 Å². The molecule has 0 spiro atoms. The Bertz CT molecular complexity index is 88.7. The molecule has 0 aliphatic rings. The molecule has 60 valence electrons. The normalized spacial score (nSPS) is 16.3. The van der Waals surface area contributed by atoms with Gasteiger partial charge in [0, 0.05) is 0 Å². The molecule has 0 fully saturated rings. The summed E-state index contributed by atoms with van der Waals surface area (Å²) in [4.78, 5) is 0. The van der Waals surface area contributed by atoms with Crippen molar-refractivity contribution < 1.29 is 4.74 Å². The van der Waals surface area contributed by atoms with Crippen LogP contribution in [0.15, 0.2) is 12.7 Å². The summed E-state index contributed by atoms with van der Waals surface area (Å²) in [6, 6.07) is 0. The summed E-state index contributed by atoms with van der Waals surface area (Å²) in [6.45, 7) is 10.0. The van der Waals surface area contributed by atoms with Crippen LogP contribution in [-0.2, 0) is 4.74 Å². The van der Waals surface area contributed by atoms with E-state index in [1.54, 1.807) is 0 Å². The maximum atomic E-state index is 5.58. The number of hydrogen-bond acceptors (Lipinski definition) is 1. The Hall–Kier alpha value is -0.300. The van der Waals surface area contributed by atoms with Gasteiger partial charge >= 0.3 is 0 Å². The molecule has 1 nitrogen and oxygen atoms in total. The Morgan fingerprint density at radius 3 is 2.30 bits per heavy atom. The van der Waals surface area contributed by atoms with Gasteiger partial charge in [-0.05, 0) is 19.8 Å². The van der Waals surface area contributed by atoms with E-state index in [9.17, 15) is 0 Å². The van der Waals surface area contributed by atoms with Gasteiger partial charge in [0.2, 0.25) is 0 Å². The van der Waals surface area contributed by atoms with Gasteiger partial charge in [-0.1, -0.05) is 19.9 Å². The Labute approximate surface area is 64.1 Å². The highest BCUT2D eigenvalue weighted by molar-refractivity contribution is 4.78. The lowest BCUT2D eigenvalue weighted by atomic mass is 10.2. The molecule has 1 heteroatoms. The zero-order valence-electron chi connectivity index (χ0n) is 7.26. The third kappa shape index (κ3) is 3.67. The molecule has 0 aromatic carbocycles. The Morgan fingerprint density at radius 2 is 2.00 bits per heavy atom. The van der Waals surface area contributed by atoms with Gasteiger partial charge in [-0.3, -0.25) is 0 Å². The maximum Gasteiger partial charge on any atom is 0.0754 e. The molecule has 0 rings (SSSR count). The average Bonchev–Trinajstić information content (AvgIpc) is 1.99. The van der Waals surface area contributed by atoms with Gasteiger partial charge in [-0.15, -0.1) is 6.58 Å².